The molecule has 0 fully saturated rings. The summed E-state index contributed by atoms with van der Waals surface area (Å²) in [6.07, 6.45) is -2.44. The van der Waals surface area contributed by atoms with Crippen molar-refractivity contribution in [3.63, 3.8) is 0 Å². The lowest BCUT2D eigenvalue weighted by Crippen LogP contribution is -2.17. The number of alkyl halides is 2. The fourth-order valence-electron chi connectivity index (χ4n) is 1.31. The lowest BCUT2D eigenvalue weighted by molar-refractivity contribution is 0.0215. The second-order valence-corrected chi connectivity index (χ2v) is 4.80. The highest BCUT2D eigenvalue weighted by atomic mass is 79.9. The Morgan fingerprint density at radius 3 is 2.83 bits per heavy atom. The number of anilines is 1. The van der Waals surface area contributed by atoms with E-state index in [1.54, 1.807) is 6.07 Å². The van der Waals surface area contributed by atoms with Gasteiger partial charge in [-0.3, -0.25) is 0 Å². The Balaban J connectivity index is 2.50. The molecule has 0 aliphatic carbocycles. The monoisotopic (exact) mass is 338 g/mol. The molecule has 3 nitrogen and oxygen atoms in total. The molecule has 7 heteroatoms. The lowest BCUT2D eigenvalue weighted by atomic mass is 10.2. The van der Waals surface area contributed by atoms with Crippen molar-refractivity contribution in [1.29, 1.82) is 0 Å². The first-order chi connectivity index (χ1) is 8.50. The zero-order valence-corrected chi connectivity index (χ0v) is 11.9. The largest absolute Gasteiger partial charge is 0.389 e. The van der Waals surface area contributed by atoms with Gasteiger partial charge in [0.2, 0.25) is 0 Å². The minimum absolute atomic E-state index is 0.188. The molecule has 0 aliphatic heterocycles. The van der Waals surface area contributed by atoms with Gasteiger partial charge in [0.05, 0.1) is 6.61 Å². The second-order valence-electron chi connectivity index (χ2n) is 3.45. The van der Waals surface area contributed by atoms with Gasteiger partial charge in [-0.2, -0.15) is 0 Å². The molecule has 1 aromatic carbocycles. The van der Waals surface area contributed by atoms with E-state index in [-0.39, 0.29) is 11.6 Å². The van der Waals surface area contributed by atoms with Gasteiger partial charge in [0.1, 0.15) is 11.6 Å². The van der Waals surface area contributed by atoms with Crippen LogP contribution >= 0.6 is 28.1 Å². The number of thiocarbonyl (C=S) groups is 1. The van der Waals surface area contributed by atoms with Crippen LogP contribution in [0.25, 0.3) is 0 Å². The molecular weight excluding hydrogens is 326 g/mol. The molecule has 3 N–H and O–H groups in total. The van der Waals surface area contributed by atoms with E-state index in [0.29, 0.717) is 12.1 Å². The summed E-state index contributed by atoms with van der Waals surface area (Å²) in [6, 6.07) is 5.43. The fourth-order valence-corrected chi connectivity index (χ4v) is 1.85. The summed E-state index contributed by atoms with van der Waals surface area (Å²) in [5.74, 6) is 0. The summed E-state index contributed by atoms with van der Waals surface area (Å²) < 4.78 is 29.3. The molecular formula is C11H13BrF2N2OS. The fraction of sp³-hybridized carbons (Fsp3) is 0.364. The van der Waals surface area contributed by atoms with Gasteiger partial charge in [-0.25, -0.2) is 8.78 Å². The van der Waals surface area contributed by atoms with Gasteiger partial charge < -0.3 is 15.8 Å². The van der Waals surface area contributed by atoms with Crippen molar-refractivity contribution in [3.05, 3.63) is 28.2 Å². The summed E-state index contributed by atoms with van der Waals surface area (Å²) in [5, 5.41) is 3.04. The number of nitrogens with two attached hydrogens (primary N) is 1. The smallest absolute Gasteiger partial charge is 0.261 e. The molecule has 0 aliphatic rings. The first-order valence-corrected chi connectivity index (χ1v) is 6.40. The van der Waals surface area contributed by atoms with Crippen LogP contribution in [-0.2, 0) is 4.74 Å². The van der Waals surface area contributed by atoms with E-state index >= 15 is 0 Å². The highest BCUT2D eigenvalue weighted by Crippen LogP contribution is 2.21. The number of halogens is 3. The van der Waals surface area contributed by atoms with Crippen LogP contribution in [0.1, 0.15) is 5.56 Å². The van der Waals surface area contributed by atoms with Gasteiger partial charge in [-0.1, -0.05) is 28.1 Å². The van der Waals surface area contributed by atoms with E-state index in [0.717, 1.165) is 10.2 Å². The Morgan fingerprint density at radius 1 is 1.50 bits per heavy atom. The van der Waals surface area contributed by atoms with E-state index in [2.05, 4.69) is 21.2 Å². The van der Waals surface area contributed by atoms with Crippen LogP contribution < -0.4 is 11.1 Å². The molecule has 0 unspecified atom stereocenters. The van der Waals surface area contributed by atoms with Crippen molar-refractivity contribution < 1.29 is 13.5 Å². The molecule has 0 saturated heterocycles. The van der Waals surface area contributed by atoms with Gasteiger partial charge >= 0.3 is 0 Å². The molecule has 0 spiro atoms. The van der Waals surface area contributed by atoms with Crippen LogP contribution in [0, 0.1) is 0 Å². The second kappa shape index (κ2) is 7.60. The predicted molar refractivity (Wildman–Crippen MR) is 75.3 cm³/mol. The molecule has 0 aromatic heterocycles. The summed E-state index contributed by atoms with van der Waals surface area (Å²) >= 11 is 8.25. The quantitative estimate of drug-likeness (QED) is 0.592. The molecule has 0 bridgehead atoms. The van der Waals surface area contributed by atoms with Crippen molar-refractivity contribution >= 4 is 38.8 Å². The maximum absolute atomic E-state index is 11.8. The minimum Gasteiger partial charge on any atom is -0.389 e. The third kappa shape index (κ3) is 5.24. The number of rotatable bonds is 7. The van der Waals surface area contributed by atoms with Crippen LogP contribution in [0.3, 0.4) is 0 Å². The van der Waals surface area contributed by atoms with Crippen LogP contribution in [0.5, 0.6) is 0 Å². The predicted octanol–water partition coefficient (Wildman–Crippen LogP) is 2.78. The molecule has 0 heterocycles. The Kier molecular flexibility index (Phi) is 6.45. The van der Waals surface area contributed by atoms with E-state index in [1.807, 2.05) is 12.1 Å². The Hall–Kier alpha value is -0.790. The zero-order chi connectivity index (χ0) is 13.5. The zero-order valence-electron chi connectivity index (χ0n) is 9.46. The Bertz CT molecular complexity index is 418. The van der Waals surface area contributed by atoms with E-state index in [4.69, 9.17) is 22.7 Å². The van der Waals surface area contributed by atoms with Crippen LogP contribution in [-0.4, -0.2) is 31.2 Å². The Morgan fingerprint density at radius 2 is 2.22 bits per heavy atom. The average Bonchev–Trinajstić information content (AvgIpc) is 2.27. The van der Waals surface area contributed by atoms with Gasteiger partial charge in [-0.05, 0) is 18.2 Å². The molecule has 1 rings (SSSR count). The molecule has 0 amide bonds. The topological polar surface area (TPSA) is 47.3 Å². The number of benzene rings is 1. The minimum atomic E-state index is -2.44. The van der Waals surface area contributed by atoms with Crippen molar-refractivity contribution in [2.75, 3.05) is 25.1 Å². The van der Waals surface area contributed by atoms with Crippen LogP contribution in [0.4, 0.5) is 14.5 Å². The summed E-state index contributed by atoms with van der Waals surface area (Å²) in [6.45, 7) is 0.0364. The van der Waals surface area contributed by atoms with E-state index in [9.17, 15) is 8.78 Å². The van der Waals surface area contributed by atoms with Gasteiger partial charge in [0.15, 0.2) is 0 Å². The highest BCUT2D eigenvalue weighted by molar-refractivity contribution is 9.10. The third-order valence-electron chi connectivity index (χ3n) is 2.05. The number of hydrogen-bond acceptors (Lipinski definition) is 3. The van der Waals surface area contributed by atoms with Gasteiger partial charge in [0, 0.05) is 22.3 Å². The number of nitrogens with one attached hydrogen (secondary N) is 1. The SMILES string of the molecule is NC(=S)c1ccc(Br)cc1NCCOCC(F)F. The first kappa shape index (κ1) is 15.3. The highest BCUT2D eigenvalue weighted by Gasteiger charge is 2.06. The lowest BCUT2D eigenvalue weighted by Gasteiger charge is -2.12. The summed E-state index contributed by atoms with van der Waals surface area (Å²) in [5.41, 5.74) is 7.04. The average molecular weight is 339 g/mol. The molecule has 0 atom stereocenters. The van der Waals surface area contributed by atoms with Crippen LogP contribution in [0.15, 0.2) is 22.7 Å². The van der Waals surface area contributed by atoms with E-state index in [1.165, 1.54) is 0 Å². The molecule has 0 saturated carbocycles. The normalized spacial score (nSPS) is 10.7. The van der Waals surface area contributed by atoms with Crippen molar-refractivity contribution in [3.8, 4) is 0 Å². The number of ether oxygens (including phenoxy) is 1. The maximum atomic E-state index is 11.8. The molecule has 1 aromatic rings. The van der Waals surface area contributed by atoms with Gasteiger partial charge in [-0.15, -0.1) is 0 Å². The van der Waals surface area contributed by atoms with Crippen LogP contribution in [0.2, 0.25) is 0 Å². The molecule has 0 radical (unpaired) electrons. The van der Waals surface area contributed by atoms with E-state index < -0.39 is 13.0 Å². The summed E-state index contributed by atoms with van der Waals surface area (Å²) in [4.78, 5) is 0.276. The first-order valence-electron chi connectivity index (χ1n) is 5.20. The van der Waals surface area contributed by atoms with Crippen molar-refractivity contribution in [2.45, 2.75) is 6.43 Å². The van der Waals surface area contributed by atoms with Crippen molar-refractivity contribution in [2.24, 2.45) is 5.73 Å². The standard InChI is InChI=1S/C11H13BrF2N2OS/c12-7-1-2-8(11(15)18)9(5-7)16-3-4-17-6-10(13)14/h1-2,5,10,16H,3-4,6H2,(H2,15,18). The van der Waals surface area contributed by atoms with Gasteiger partial charge in [0.25, 0.3) is 6.43 Å². The molecule has 18 heavy (non-hydrogen) atoms. The van der Waals surface area contributed by atoms with Crippen molar-refractivity contribution in [1.82, 2.24) is 0 Å². The maximum Gasteiger partial charge on any atom is 0.261 e. The third-order valence-corrected chi connectivity index (χ3v) is 2.77. The Labute approximate surface area is 118 Å². The summed E-state index contributed by atoms with van der Waals surface area (Å²) in [7, 11) is 0. The number of hydrogen-bond donors (Lipinski definition) is 2. The molecule has 100 valence electrons.